The van der Waals surface area contributed by atoms with Crippen molar-refractivity contribution in [3.8, 4) is 0 Å². The van der Waals surface area contributed by atoms with Crippen molar-refractivity contribution in [1.29, 1.82) is 0 Å². The van der Waals surface area contributed by atoms with Crippen molar-refractivity contribution >= 4 is 39.2 Å². The number of hydrogen-bond donors (Lipinski definition) is 0. The molecule has 0 atom stereocenters. The third-order valence-corrected chi connectivity index (χ3v) is 2.46. The summed E-state index contributed by atoms with van der Waals surface area (Å²) in [7, 11) is 0. The Morgan fingerprint density at radius 3 is 1.33 bits per heavy atom. The Bertz CT molecular complexity index is 269. The smallest absolute Gasteiger partial charge is 0.545 e. The van der Waals surface area contributed by atoms with Gasteiger partial charge in [-0.25, -0.2) is 0 Å². The summed E-state index contributed by atoms with van der Waals surface area (Å²) in [6, 6.07) is 0. The maximum absolute atomic E-state index is 9.83. The zero-order valence-electron chi connectivity index (χ0n) is 13.1. The molecule has 2 radical (unpaired) electrons. The summed E-state index contributed by atoms with van der Waals surface area (Å²) in [5.74, 6) is -2.20. The van der Waals surface area contributed by atoms with Gasteiger partial charge >= 0.3 is 27.3 Å². The van der Waals surface area contributed by atoms with E-state index < -0.39 is 11.9 Å². The van der Waals surface area contributed by atoms with Gasteiger partial charge in [-0.3, -0.25) is 0 Å². The van der Waals surface area contributed by atoms with Crippen LogP contribution in [0.1, 0.15) is 65.2 Å². The van der Waals surface area contributed by atoms with Gasteiger partial charge in [0.05, 0.1) is 11.9 Å². The molecule has 0 saturated carbocycles. The van der Waals surface area contributed by atoms with Crippen LogP contribution in [-0.2, 0) is 9.59 Å². The zero-order chi connectivity index (χ0) is 15.6. The second-order valence-corrected chi connectivity index (χ2v) is 4.43. The summed E-state index contributed by atoms with van der Waals surface area (Å²) in [4.78, 5) is 19.7. The molecule has 0 aliphatic carbocycles. The maximum Gasteiger partial charge on any atom is 2.00 e. The van der Waals surface area contributed by atoms with E-state index in [9.17, 15) is 19.8 Å². The minimum Gasteiger partial charge on any atom is -0.545 e. The monoisotopic (exact) mass is 490 g/mol. The topological polar surface area (TPSA) is 80.3 Å². The van der Waals surface area contributed by atoms with Crippen molar-refractivity contribution in [2.45, 2.75) is 65.2 Å². The molecular weight excluding hydrogens is 463 g/mol. The van der Waals surface area contributed by atoms with Crippen LogP contribution in [0.2, 0.25) is 0 Å². The summed E-state index contributed by atoms with van der Waals surface area (Å²) in [6.07, 6.45) is 14.0. The van der Waals surface area contributed by atoms with Gasteiger partial charge in [0.25, 0.3) is 0 Å². The van der Waals surface area contributed by atoms with Gasteiger partial charge in [0.2, 0.25) is 0 Å². The van der Waals surface area contributed by atoms with Crippen LogP contribution in [0.4, 0.5) is 0 Å². The Hall–Kier alpha value is -0.658. The van der Waals surface area contributed by atoms with Gasteiger partial charge in [0.15, 0.2) is 0 Å². The van der Waals surface area contributed by atoms with E-state index in [1.165, 1.54) is 12.8 Å². The van der Waals surface area contributed by atoms with Gasteiger partial charge < -0.3 is 19.8 Å². The van der Waals surface area contributed by atoms with Gasteiger partial charge in [-0.05, 0) is 37.8 Å². The van der Waals surface area contributed by atoms with Crippen molar-refractivity contribution in [1.82, 2.24) is 0 Å². The molecule has 5 heteroatoms. The molecule has 0 N–H and O–H groups in total. The van der Waals surface area contributed by atoms with Crippen molar-refractivity contribution in [3.05, 3.63) is 24.3 Å². The quantitative estimate of drug-likeness (QED) is 0.264. The first-order chi connectivity index (χ1) is 9.54. The molecule has 0 rings (SSSR count). The predicted molar refractivity (Wildman–Crippen MR) is 82.3 cm³/mol. The number of allylic oxidation sites excluding steroid dienone is 2. The van der Waals surface area contributed by atoms with Crippen LogP contribution in [0.25, 0.3) is 0 Å². The van der Waals surface area contributed by atoms with E-state index in [1.54, 1.807) is 12.2 Å². The number of carboxylic acids is 2. The van der Waals surface area contributed by atoms with Crippen molar-refractivity contribution in [3.63, 3.8) is 0 Å². The SMILES string of the molecule is CCCCCC=CC(=O)[O-].CCCCCC=CC(=O)[O-].[Pb+2]. The van der Waals surface area contributed by atoms with E-state index in [0.29, 0.717) is 0 Å². The molecule has 0 unspecified atom stereocenters. The molecule has 0 spiro atoms. The third kappa shape index (κ3) is 32.7. The number of unbranched alkanes of at least 4 members (excludes halogenated alkanes) is 6. The molecule has 0 amide bonds. The number of carbonyl (C=O) groups excluding carboxylic acids is 2. The van der Waals surface area contributed by atoms with Crippen molar-refractivity contribution in [2.24, 2.45) is 0 Å². The molecule has 0 fully saturated rings. The molecule has 0 aromatic carbocycles. The molecule has 0 heterocycles. The fourth-order valence-corrected chi connectivity index (χ4v) is 1.38. The van der Waals surface area contributed by atoms with Crippen molar-refractivity contribution in [2.75, 3.05) is 0 Å². The Morgan fingerprint density at radius 2 is 1.10 bits per heavy atom. The summed E-state index contributed by atoms with van der Waals surface area (Å²) in [5, 5.41) is 19.7. The van der Waals surface area contributed by atoms with E-state index in [0.717, 1.165) is 50.7 Å². The van der Waals surface area contributed by atoms with Gasteiger partial charge in [-0.15, -0.1) is 0 Å². The first-order valence-corrected chi connectivity index (χ1v) is 7.29. The number of carboxylic acid groups (broad SMARTS) is 2. The number of hydrogen-bond acceptors (Lipinski definition) is 4. The molecule has 0 aromatic heterocycles. The van der Waals surface area contributed by atoms with E-state index >= 15 is 0 Å². The minimum atomic E-state index is -1.10. The normalized spacial score (nSPS) is 10.0. The summed E-state index contributed by atoms with van der Waals surface area (Å²) in [6.45, 7) is 4.23. The molecule has 0 saturated heterocycles. The molecule has 21 heavy (non-hydrogen) atoms. The maximum atomic E-state index is 9.83. The van der Waals surface area contributed by atoms with E-state index in [4.69, 9.17) is 0 Å². The second-order valence-electron chi connectivity index (χ2n) is 4.43. The van der Waals surface area contributed by atoms with Crippen molar-refractivity contribution < 1.29 is 19.8 Å². The number of aliphatic carboxylic acids is 2. The molecule has 0 aliphatic rings. The van der Waals surface area contributed by atoms with Gasteiger partial charge in [0, 0.05) is 0 Å². The van der Waals surface area contributed by atoms with Gasteiger partial charge in [-0.2, -0.15) is 0 Å². The third-order valence-electron chi connectivity index (χ3n) is 2.46. The molecule has 0 aliphatic heterocycles. The Kier molecular flexibility index (Phi) is 26.1. The molecule has 0 bridgehead atoms. The molecular formula is C16H26O4Pb. The largest absolute Gasteiger partial charge is 2.00 e. The van der Waals surface area contributed by atoms with E-state index in [2.05, 4.69) is 13.8 Å². The van der Waals surface area contributed by atoms with Crippen LogP contribution >= 0.6 is 0 Å². The zero-order valence-corrected chi connectivity index (χ0v) is 17.0. The first kappa shape index (κ1) is 25.3. The van der Waals surface area contributed by atoms with Crippen LogP contribution in [0.3, 0.4) is 0 Å². The van der Waals surface area contributed by atoms with Crippen LogP contribution in [0.5, 0.6) is 0 Å². The Morgan fingerprint density at radius 1 is 0.762 bits per heavy atom. The summed E-state index contributed by atoms with van der Waals surface area (Å²) >= 11 is 0. The van der Waals surface area contributed by atoms with Gasteiger partial charge in [0.1, 0.15) is 0 Å². The number of carbonyl (C=O) groups is 2. The second kappa shape index (κ2) is 21.6. The number of rotatable bonds is 10. The average Bonchev–Trinajstić information content (AvgIpc) is 2.38. The standard InChI is InChI=1S/2C8H14O2.Pb/c2*1-2-3-4-5-6-7-8(9)10;/h2*6-7H,2-5H2,1H3,(H,9,10);/q;;+2/p-2. The van der Waals surface area contributed by atoms with Crippen LogP contribution in [-0.4, -0.2) is 39.2 Å². The molecule has 118 valence electrons. The average molecular weight is 490 g/mol. The fourth-order valence-electron chi connectivity index (χ4n) is 1.38. The van der Waals surface area contributed by atoms with Gasteiger partial charge in [-0.1, -0.05) is 51.7 Å². The van der Waals surface area contributed by atoms with Crippen LogP contribution in [0.15, 0.2) is 24.3 Å². The Labute approximate surface area is 148 Å². The minimum absolute atomic E-state index is 0. The fraction of sp³-hybridized carbons (Fsp3) is 0.625. The molecule has 4 nitrogen and oxygen atoms in total. The summed E-state index contributed by atoms with van der Waals surface area (Å²) in [5.41, 5.74) is 0. The summed E-state index contributed by atoms with van der Waals surface area (Å²) < 4.78 is 0. The van der Waals surface area contributed by atoms with Crippen LogP contribution in [0, 0.1) is 0 Å². The predicted octanol–water partition coefficient (Wildman–Crippen LogP) is 1.36. The van der Waals surface area contributed by atoms with E-state index in [-0.39, 0.29) is 27.3 Å². The first-order valence-electron chi connectivity index (χ1n) is 7.29. The van der Waals surface area contributed by atoms with E-state index in [1.807, 2.05) is 0 Å². The Balaban J connectivity index is -0.000000295. The van der Waals surface area contributed by atoms with Crippen LogP contribution < -0.4 is 10.2 Å². The molecule has 0 aromatic rings.